The first-order valence-electron chi connectivity index (χ1n) is 3.23. The Morgan fingerprint density at radius 3 is 2.67 bits per heavy atom. The second kappa shape index (κ2) is 3.67. The highest BCUT2D eigenvalue weighted by atomic mass is 35.5. The lowest BCUT2D eigenvalue weighted by atomic mass is 10.2. The predicted octanol–water partition coefficient (Wildman–Crippen LogP) is 2.34. The van der Waals surface area contributed by atoms with Crippen LogP contribution in [0.2, 0.25) is 0 Å². The third-order valence-corrected chi connectivity index (χ3v) is 1.77. The Morgan fingerprint density at radius 2 is 2.17 bits per heavy atom. The van der Waals surface area contributed by atoms with Gasteiger partial charge in [-0.15, -0.1) is 11.6 Å². The number of nitrogens with zero attached hydrogens (tertiary/aromatic N) is 1. The second-order valence-electron chi connectivity index (χ2n) is 2.24. The molecule has 0 aromatic carbocycles. The normalized spacial score (nSPS) is 10.7. The van der Waals surface area contributed by atoms with Crippen LogP contribution in [0.3, 0.4) is 0 Å². The van der Waals surface area contributed by atoms with Gasteiger partial charge < -0.3 is 5.73 Å². The Balaban J connectivity index is 3.14. The monoisotopic (exact) mass is 192 g/mol. The molecule has 0 fully saturated rings. The van der Waals surface area contributed by atoms with E-state index in [9.17, 15) is 8.78 Å². The molecule has 0 aliphatic rings. The van der Waals surface area contributed by atoms with Crippen LogP contribution in [0.5, 0.6) is 0 Å². The van der Waals surface area contributed by atoms with E-state index in [1.165, 1.54) is 6.20 Å². The molecule has 0 saturated carbocycles. The Bertz CT molecular complexity index is 278. The second-order valence-corrected chi connectivity index (χ2v) is 2.50. The van der Waals surface area contributed by atoms with Crippen LogP contribution >= 0.6 is 11.6 Å². The van der Waals surface area contributed by atoms with E-state index in [-0.39, 0.29) is 17.1 Å². The van der Waals surface area contributed by atoms with Gasteiger partial charge in [-0.25, -0.2) is 8.78 Å². The van der Waals surface area contributed by atoms with Gasteiger partial charge in [0.05, 0.1) is 11.4 Å². The zero-order valence-corrected chi connectivity index (χ0v) is 6.85. The summed E-state index contributed by atoms with van der Waals surface area (Å²) in [6, 6.07) is 0. The lowest BCUT2D eigenvalue weighted by Crippen LogP contribution is -2.00. The third kappa shape index (κ3) is 1.64. The highest BCUT2D eigenvalue weighted by molar-refractivity contribution is 6.17. The molecule has 0 spiro atoms. The highest BCUT2D eigenvalue weighted by Gasteiger charge is 2.13. The molecule has 0 unspecified atom stereocenters. The molecule has 0 aliphatic heterocycles. The smallest absolute Gasteiger partial charge is 0.267 e. The zero-order valence-electron chi connectivity index (χ0n) is 6.10. The minimum atomic E-state index is -2.60. The van der Waals surface area contributed by atoms with Crippen LogP contribution in [0.15, 0.2) is 12.4 Å². The number of halogens is 3. The first-order valence-corrected chi connectivity index (χ1v) is 3.76. The van der Waals surface area contributed by atoms with Crippen LogP contribution in [-0.2, 0) is 5.88 Å². The van der Waals surface area contributed by atoms with Crippen molar-refractivity contribution >= 4 is 17.3 Å². The molecule has 0 atom stereocenters. The predicted molar refractivity (Wildman–Crippen MR) is 43.2 cm³/mol. The lowest BCUT2D eigenvalue weighted by Gasteiger charge is -2.06. The average Bonchev–Trinajstić information content (AvgIpc) is 2.04. The number of alkyl halides is 3. The number of hydrogen-bond donors (Lipinski definition) is 1. The third-order valence-electron chi connectivity index (χ3n) is 1.48. The first-order chi connectivity index (χ1) is 5.66. The van der Waals surface area contributed by atoms with Crippen LogP contribution in [0.25, 0.3) is 0 Å². The fourth-order valence-electron chi connectivity index (χ4n) is 0.812. The van der Waals surface area contributed by atoms with Crippen LogP contribution in [-0.4, -0.2) is 4.98 Å². The van der Waals surface area contributed by atoms with E-state index in [2.05, 4.69) is 4.98 Å². The largest absolute Gasteiger partial charge is 0.398 e. The first kappa shape index (κ1) is 9.19. The van der Waals surface area contributed by atoms with E-state index in [0.29, 0.717) is 5.56 Å². The van der Waals surface area contributed by atoms with Gasteiger partial charge in [0, 0.05) is 23.6 Å². The van der Waals surface area contributed by atoms with Gasteiger partial charge in [0.2, 0.25) is 0 Å². The standard InChI is InChI=1S/C7H7ClF2N2/c8-1-4-2-12-3-5(6(4)11)7(9)10/h2-3,7H,1H2,(H2,11,12). The van der Waals surface area contributed by atoms with Crippen molar-refractivity contribution in [2.45, 2.75) is 12.3 Å². The summed E-state index contributed by atoms with van der Waals surface area (Å²) in [7, 11) is 0. The maximum absolute atomic E-state index is 12.2. The molecule has 5 heteroatoms. The molecule has 0 aliphatic carbocycles. The van der Waals surface area contributed by atoms with Crippen molar-refractivity contribution in [2.75, 3.05) is 5.73 Å². The molecule has 2 N–H and O–H groups in total. The maximum atomic E-state index is 12.2. The molecule has 1 heterocycles. The molecule has 12 heavy (non-hydrogen) atoms. The Morgan fingerprint density at radius 1 is 1.50 bits per heavy atom. The fourth-order valence-corrected chi connectivity index (χ4v) is 1.03. The summed E-state index contributed by atoms with van der Waals surface area (Å²) in [5.74, 6) is 0.0966. The number of rotatable bonds is 2. The SMILES string of the molecule is Nc1c(CCl)cncc1C(F)F. The van der Waals surface area contributed by atoms with Crippen LogP contribution in [0.4, 0.5) is 14.5 Å². The minimum Gasteiger partial charge on any atom is -0.398 e. The van der Waals surface area contributed by atoms with Crippen molar-refractivity contribution in [1.82, 2.24) is 4.98 Å². The van der Waals surface area contributed by atoms with Crippen molar-refractivity contribution in [3.63, 3.8) is 0 Å². The number of nitrogens with two attached hydrogens (primary N) is 1. The van der Waals surface area contributed by atoms with Crippen molar-refractivity contribution in [3.05, 3.63) is 23.5 Å². The van der Waals surface area contributed by atoms with Gasteiger partial charge in [-0.1, -0.05) is 0 Å². The highest BCUT2D eigenvalue weighted by Crippen LogP contribution is 2.26. The van der Waals surface area contributed by atoms with E-state index in [0.717, 1.165) is 6.20 Å². The number of aromatic nitrogens is 1. The number of nitrogen functional groups attached to an aromatic ring is 1. The lowest BCUT2D eigenvalue weighted by molar-refractivity contribution is 0.152. The Hall–Kier alpha value is -0.900. The molecule has 1 rings (SSSR count). The average molecular weight is 193 g/mol. The summed E-state index contributed by atoms with van der Waals surface area (Å²) in [4.78, 5) is 3.59. The number of hydrogen-bond acceptors (Lipinski definition) is 2. The van der Waals surface area contributed by atoms with Gasteiger partial charge in [-0.05, 0) is 0 Å². The summed E-state index contributed by atoms with van der Waals surface area (Å²) in [5.41, 5.74) is 5.61. The summed E-state index contributed by atoms with van der Waals surface area (Å²) in [6.45, 7) is 0. The summed E-state index contributed by atoms with van der Waals surface area (Å²) >= 11 is 5.44. The zero-order chi connectivity index (χ0) is 9.14. The quantitative estimate of drug-likeness (QED) is 0.731. The Labute approximate surface area is 73.4 Å². The number of pyridine rings is 1. The van der Waals surface area contributed by atoms with Gasteiger partial charge in [0.25, 0.3) is 6.43 Å². The molecular weight excluding hydrogens is 186 g/mol. The van der Waals surface area contributed by atoms with E-state index >= 15 is 0 Å². The summed E-state index contributed by atoms with van der Waals surface area (Å²) in [5, 5.41) is 0. The summed E-state index contributed by atoms with van der Waals surface area (Å²) in [6.07, 6.45) is -0.162. The van der Waals surface area contributed by atoms with Crippen molar-refractivity contribution < 1.29 is 8.78 Å². The molecule has 1 aromatic heterocycles. The van der Waals surface area contributed by atoms with Gasteiger partial charge in [-0.2, -0.15) is 0 Å². The molecule has 0 radical (unpaired) electrons. The van der Waals surface area contributed by atoms with Gasteiger partial charge in [0.1, 0.15) is 0 Å². The number of anilines is 1. The van der Waals surface area contributed by atoms with Crippen LogP contribution in [0.1, 0.15) is 17.6 Å². The molecule has 66 valence electrons. The molecule has 1 aromatic rings. The molecule has 0 saturated heterocycles. The van der Waals surface area contributed by atoms with E-state index < -0.39 is 6.43 Å². The van der Waals surface area contributed by atoms with E-state index in [1.807, 2.05) is 0 Å². The van der Waals surface area contributed by atoms with E-state index in [1.54, 1.807) is 0 Å². The van der Waals surface area contributed by atoms with Crippen molar-refractivity contribution in [3.8, 4) is 0 Å². The molecular formula is C7H7ClF2N2. The molecule has 0 amide bonds. The van der Waals surface area contributed by atoms with Crippen molar-refractivity contribution in [2.24, 2.45) is 0 Å². The van der Waals surface area contributed by atoms with Gasteiger partial charge in [0.15, 0.2) is 0 Å². The minimum absolute atomic E-state index is 0.0370. The van der Waals surface area contributed by atoms with Crippen molar-refractivity contribution in [1.29, 1.82) is 0 Å². The topological polar surface area (TPSA) is 38.9 Å². The molecule has 2 nitrogen and oxygen atoms in total. The van der Waals surface area contributed by atoms with Crippen LogP contribution < -0.4 is 5.73 Å². The molecule has 0 bridgehead atoms. The fraction of sp³-hybridized carbons (Fsp3) is 0.286. The summed E-state index contributed by atoms with van der Waals surface area (Å²) < 4.78 is 24.4. The maximum Gasteiger partial charge on any atom is 0.267 e. The van der Waals surface area contributed by atoms with Crippen LogP contribution in [0, 0.1) is 0 Å². The van der Waals surface area contributed by atoms with Gasteiger partial charge in [-0.3, -0.25) is 4.98 Å². The van der Waals surface area contributed by atoms with E-state index in [4.69, 9.17) is 17.3 Å². The van der Waals surface area contributed by atoms with Gasteiger partial charge >= 0.3 is 0 Å². The Kier molecular flexibility index (Phi) is 2.81.